The van der Waals surface area contributed by atoms with E-state index in [-0.39, 0.29) is 11.2 Å². The number of rotatable bonds is 1. The molecule has 2 atom stereocenters. The Bertz CT molecular complexity index is 274. The van der Waals surface area contributed by atoms with Gasteiger partial charge in [0, 0.05) is 5.41 Å². The summed E-state index contributed by atoms with van der Waals surface area (Å²) in [4.78, 5) is 11.5. The third kappa shape index (κ3) is 1.18. The zero-order valence-electron chi connectivity index (χ0n) is 8.85. The lowest BCUT2D eigenvalue weighted by atomic mass is 9.64. The molecule has 2 nitrogen and oxygen atoms in total. The van der Waals surface area contributed by atoms with Gasteiger partial charge in [-0.3, -0.25) is 4.79 Å². The van der Waals surface area contributed by atoms with Crippen LogP contribution in [0.4, 0.5) is 0 Å². The first-order valence-corrected chi connectivity index (χ1v) is 4.81. The van der Waals surface area contributed by atoms with E-state index in [9.17, 15) is 4.79 Å². The Balaban J connectivity index is 3.07. The Morgan fingerprint density at radius 3 is 2.31 bits per heavy atom. The molecule has 1 fully saturated rings. The van der Waals surface area contributed by atoms with Crippen LogP contribution in [-0.2, 0) is 4.79 Å². The Labute approximate surface area is 79.9 Å². The van der Waals surface area contributed by atoms with Gasteiger partial charge < -0.3 is 0 Å². The van der Waals surface area contributed by atoms with Crippen LogP contribution in [0.1, 0.15) is 40.5 Å². The van der Waals surface area contributed by atoms with Crippen molar-refractivity contribution in [1.29, 1.82) is 5.26 Å². The van der Waals surface area contributed by atoms with Crippen molar-refractivity contribution in [2.75, 3.05) is 0 Å². The molecule has 13 heavy (non-hydrogen) atoms. The normalized spacial score (nSPS) is 37.0. The minimum atomic E-state index is -0.429. The van der Waals surface area contributed by atoms with E-state index < -0.39 is 5.41 Å². The molecule has 0 aliphatic heterocycles. The molecule has 0 radical (unpaired) electrons. The van der Waals surface area contributed by atoms with Crippen molar-refractivity contribution < 1.29 is 4.79 Å². The second-order valence-electron chi connectivity index (χ2n) is 4.93. The first-order chi connectivity index (χ1) is 5.86. The molecule has 2 heteroatoms. The summed E-state index contributed by atoms with van der Waals surface area (Å²) in [5.74, 6) is 0.275. The SMILES string of the molecule is CC1CCC(C)(C(=O)C#N)C1(C)C. The van der Waals surface area contributed by atoms with Crippen molar-refractivity contribution in [1.82, 2.24) is 0 Å². The maximum Gasteiger partial charge on any atom is 0.238 e. The lowest BCUT2D eigenvalue weighted by molar-refractivity contribution is -0.127. The average molecular weight is 179 g/mol. The highest BCUT2D eigenvalue weighted by Crippen LogP contribution is 2.55. The van der Waals surface area contributed by atoms with Gasteiger partial charge in [-0.05, 0) is 24.2 Å². The predicted octanol–water partition coefficient (Wildman–Crippen LogP) is 2.54. The standard InChI is InChI=1S/C11H17NO/c1-8-5-6-11(4,9(13)7-12)10(8,2)3/h8H,5-6H2,1-4H3. The van der Waals surface area contributed by atoms with Gasteiger partial charge in [0.15, 0.2) is 0 Å². The molecule has 0 aromatic heterocycles. The Morgan fingerprint density at radius 1 is 1.46 bits per heavy atom. The van der Waals surface area contributed by atoms with Gasteiger partial charge >= 0.3 is 0 Å². The number of ketones is 1. The second-order valence-corrected chi connectivity index (χ2v) is 4.93. The van der Waals surface area contributed by atoms with Gasteiger partial charge in [-0.25, -0.2) is 0 Å². The lowest BCUT2D eigenvalue weighted by Gasteiger charge is -2.37. The van der Waals surface area contributed by atoms with Crippen molar-refractivity contribution in [3.63, 3.8) is 0 Å². The molecule has 1 saturated carbocycles. The van der Waals surface area contributed by atoms with E-state index in [1.165, 1.54) is 0 Å². The summed E-state index contributed by atoms with van der Waals surface area (Å²) in [7, 11) is 0. The van der Waals surface area contributed by atoms with Crippen molar-refractivity contribution in [3.05, 3.63) is 0 Å². The van der Waals surface area contributed by atoms with Crippen LogP contribution < -0.4 is 0 Å². The molecule has 0 bridgehead atoms. The number of hydrogen-bond acceptors (Lipinski definition) is 2. The molecule has 0 heterocycles. The van der Waals surface area contributed by atoms with Gasteiger partial charge in [-0.2, -0.15) is 5.26 Å². The van der Waals surface area contributed by atoms with E-state index in [1.807, 2.05) is 6.92 Å². The molecule has 1 aliphatic carbocycles. The van der Waals surface area contributed by atoms with Crippen LogP contribution in [0.5, 0.6) is 0 Å². The van der Waals surface area contributed by atoms with E-state index in [1.54, 1.807) is 6.07 Å². The quantitative estimate of drug-likeness (QED) is 0.580. The van der Waals surface area contributed by atoms with Crippen molar-refractivity contribution in [2.45, 2.75) is 40.5 Å². The number of hydrogen-bond donors (Lipinski definition) is 0. The Morgan fingerprint density at radius 2 is 2.00 bits per heavy atom. The van der Waals surface area contributed by atoms with E-state index in [0.717, 1.165) is 12.8 Å². The fourth-order valence-corrected chi connectivity index (χ4v) is 2.26. The molecular weight excluding hydrogens is 162 g/mol. The van der Waals surface area contributed by atoms with Gasteiger partial charge in [0.05, 0.1) is 0 Å². The lowest BCUT2D eigenvalue weighted by Crippen LogP contribution is -2.39. The summed E-state index contributed by atoms with van der Waals surface area (Å²) in [5, 5.41) is 8.68. The second kappa shape index (κ2) is 2.83. The summed E-state index contributed by atoms with van der Waals surface area (Å²) >= 11 is 0. The number of Topliss-reactive ketones (excluding diaryl/α,β-unsaturated/α-hetero) is 1. The van der Waals surface area contributed by atoms with Gasteiger partial charge in [-0.15, -0.1) is 0 Å². The summed E-state index contributed by atoms with van der Waals surface area (Å²) < 4.78 is 0. The third-order valence-electron chi connectivity index (χ3n) is 4.33. The van der Waals surface area contributed by atoms with Crippen LogP contribution in [0, 0.1) is 28.1 Å². The maximum atomic E-state index is 11.5. The molecule has 0 aromatic rings. The summed E-state index contributed by atoms with van der Waals surface area (Å²) in [6, 6.07) is 1.78. The van der Waals surface area contributed by atoms with Crippen LogP contribution in [0.2, 0.25) is 0 Å². The smallest absolute Gasteiger partial charge is 0.238 e. The van der Waals surface area contributed by atoms with E-state index in [0.29, 0.717) is 5.92 Å². The van der Waals surface area contributed by atoms with Crippen molar-refractivity contribution >= 4 is 5.78 Å². The molecule has 0 aromatic carbocycles. The minimum Gasteiger partial charge on any atom is -0.282 e. The van der Waals surface area contributed by atoms with Crippen LogP contribution in [0.15, 0.2) is 0 Å². The minimum absolute atomic E-state index is 0.0419. The zero-order chi connectivity index (χ0) is 10.3. The van der Waals surface area contributed by atoms with Crippen molar-refractivity contribution in [3.8, 4) is 6.07 Å². The number of carbonyl (C=O) groups is 1. The first-order valence-electron chi connectivity index (χ1n) is 4.81. The van der Waals surface area contributed by atoms with Gasteiger partial charge in [-0.1, -0.05) is 27.7 Å². The Hall–Kier alpha value is -0.840. The fraction of sp³-hybridized carbons (Fsp3) is 0.818. The van der Waals surface area contributed by atoms with Crippen molar-refractivity contribution in [2.24, 2.45) is 16.7 Å². The molecule has 1 aliphatic rings. The predicted molar refractivity (Wildman–Crippen MR) is 50.9 cm³/mol. The monoisotopic (exact) mass is 179 g/mol. The fourth-order valence-electron chi connectivity index (χ4n) is 2.26. The maximum absolute atomic E-state index is 11.5. The molecular formula is C11H17NO. The number of nitrogens with zero attached hydrogens (tertiary/aromatic N) is 1. The highest BCUT2D eigenvalue weighted by Gasteiger charge is 2.53. The largest absolute Gasteiger partial charge is 0.282 e. The molecule has 0 spiro atoms. The molecule has 72 valence electrons. The molecule has 2 unspecified atom stereocenters. The van der Waals surface area contributed by atoms with Crippen LogP contribution in [-0.4, -0.2) is 5.78 Å². The Kier molecular flexibility index (Phi) is 2.23. The topological polar surface area (TPSA) is 40.9 Å². The number of carbonyl (C=O) groups excluding carboxylic acids is 1. The molecule has 0 saturated heterocycles. The van der Waals surface area contributed by atoms with E-state index >= 15 is 0 Å². The highest BCUT2D eigenvalue weighted by atomic mass is 16.1. The molecule has 0 amide bonds. The molecule has 1 rings (SSSR count). The average Bonchev–Trinajstić information content (AvgIpc) is 2.29. The van der Waals surface area contributed by atoms with Crippen LogP contribution in [0.25, 0.3) is 0 Å². The van der Waals surface area contributed by atoms with Crippen LogP contribution >= 0.6 is 0 Å². The third-order valence-corrected chi connectivity index (χ3v) is 4.33. The first kappa shape index (κ1) is 10.2. The summed E-state index contributed by atoms with van der Waals surface area (Å²) in [6.07, 6.45) is 1.91. The van der Waals surface area contributed by atoms with Crippen LogP contribution in [0.3, 0.4) is 0 Å². The highest BCUT2D eigenvalue weighted by molar-refractivity contribution is 5.98. The van der Waals surface area contributed by atoms with E-state index in [2.05, 4.69) is 20.8 Å². The summed E-state index contributed by atoms with van der Waals surface area (Å²) in [5.41, 5.74) is -0.471. The van der Waals surface area contributed by atoms with Gasteiger partial charge in [0.1, 0.15) is 6.07 Å². The van der Waals surface area contributed by atoms with Gasteiger partial charge in [0.2, 0.25) is 5.78 Å². The van der Waals surface area contributed by atoms with E-state index in [4.69, 9.17) is 5.26 Å². The van der Waals surface area contributed by atoms with Gasteiger partial charge in [0.25, 0.3) is 0 Å². The molecule has 0 N–H and O–H groups in total. The zero-order valence-corrected chi connectivity index (χ0v) is 8.85. The number of nitriles is 1. The summed E-state index contributed by atoms with van der Waals surface area (Å²) in [6.45, 7) is 8.29.